The van der Waals surface area contributed by atoms with E-state index in [1.54, 1.807) is 28.9 Å². The van der Waals surface area contributed by atoms with Gasteiger partial charge in [0.1, 0.15) is 0 Å². The first kappa shape index (κ1) is 15.4. The highest BCUT2D eigenvalue weighted by Gasteiger charge is 2.40. The van der Waals surface area contributed by atoms with E-state index < -0.39 is 11.8 Å². The number of fused-ring (bicyclic) bond motifs is 2. The average Bonchev–Trinajstić information content (AvgIpc) is 3.21. The van der Waals surface area contributed by atoms with Gasteiger partial charge in [0, 0.05) is 0 Å². The van der Waals surface area contributed by atoms with Crippen LogP contribution in [0.4, 0.5) is 11.9 Å². The van der Waals surface area contributed by atoms with Gasteiger partial charge >= 0.3 is 0 Å². The molecule has 0 saturated carbocycles. The van der Waals surface area contributed by atoms with Crippen LogP contribution >= 0.6 is 0 Å². The smallest absolute Gasteiger partial charge is 0.268 e. The molecule has 27 heavy (non-hydrogen) atoms. The molecule has 0 saturated heterocycles. The summed E-state index contributed by atoms with van der Waals surface area (Å²) in [6.07, 6.45) is 0.196. The number of benzene rings is 2. The minimum Gasteiger partial charge on any atom is -0.295 e. The first-order chi connectivity index (χ1) is 13.1. The van der Waals surface area contributed by atoms with Gasteiger partial charge in [-0.2, -0.15) is 4.98 Å². The van der Waals surface area contributed by atoms with Gasteiger partial charge in [-0.15, -0.1) is 5.10 Å². The molecule has 0 unspecified atom stereocenters. The van der Waals surface area contributed by atoms with Gasteiger partial charge in [-0.25, -0.2) is 9.58 Å². The Morgan fingerprint density at radius 3 is 2.19 bits per heavy atom. The summed E-state index contributed by atoms with van der Waals surface area (Å²) in [4.78, 5) is 42.6. The third-order valence-corrected chi connectivity index (χ3v) is 4.72. The number of nitrogens with zero attached hydrogens (tertiary/aromatic N) is 4. The minimum atomic E-state index is -0.471. The number of carbonyl (C=O) groups is 3. The van der Waals surface area contributed by atoms with E-state index in [0.717, 1.165) is 10.5 Å². The molecular weight excluding hydrogens is 346 g/mol. The second-order valence-corrected chi connectivity index (χ2v) is 6.35. The van der Waals surface area contributed by atoms with Gasteiger partial charge in [0.2, 0.25) is 11.9 Å². The summed E-state index contributed by atoms with van der Waals surface area (Å²) in [5, 5.41) is 7.04. The SMILES string of the molecule is O=C1C[C@H](c2ccccc2)n2nc(N3C(=O)c4ccccc4C3=O)nc2N1. The number of imide groups is 1. The van der Waals surface area contributed by atoms with E-state index in [4.69, 9.17) is 0 Å². The molecule has 0 aliphatic carbocycles. The van der Waals surface area contributed by atoms with E-state index in [-0.39, 0.29) is 30.3 Å². The fraction of sp³-hybridized carbons (Fsp3) is 0.105. The van der Waals surface area contributed by atoms with E-state index in [1.165, 1.54) is 0 Å². The fourth-order valence-corrected chi connectivity index (χ4v) is 3.45. The van der Waals surface area contributed by atoms with Crippen LogP contribution < -0.4 is 10.2 Å². The van der Waals surface area contributed by atoms with Crippen molar-refractivity contribution in [1.29, 1.82) is 0 Å². The fourth-order valence-electron chi connectivity index (χ4n) is 3.45. The third-order valence-electron chi connectivity index (χ3n) is 4.72. The molecule has 3 aromatic rings. The Balaban J connectivity index is 1.59. The zero-order chi connectivity index (χ0) is 18.5. The van der Waals surface area contributed by atoms with Crippen LogP contribution in [0.2, 0.25) is 0 Å². The molecule has 3 amide bonds. The predicted octanol–water partition coefficient (Wildman–Crippen LogP) is 2.01. The van der Waals surface area contributed by atoms with Crippen molar-refractivity contribution >= 4 is 29.6 Å². The van der Waals surface area contributed by atoms with Crippen molar-refractivity contribution in [3.05, 3.63) is 71.3 Å². The number of aromatic nitrogens is 3. The molecule has 132 valence electrons. The van der Waals surface area contributed by atoms with Crippen molar-refractivity contribution in [1.82, 2.24) is 14.8 Å². The predicted molar refractivity (Wildman–Crippen MR) is 95.4 cm³/mol. The van der Waals surface area contributed by atoms with Crippen molar-refractivity contribution in [2.45, 2.75) is 12.5 Å². The Hall–Kier alpha value is -3.81. The van der Waals surface area contributed by atoms with Gasteiger partial charge in [-0.05, 0) is 17.7 Å². The molecule has 5 rings (SSSR count). The zero-order valence-corrected chi connectivity index (χ0v) is 14.0. The van der Waals surface area contributed by atoms with Crippen LogP contribution in [0, 0.1) is 0 Å². The molecule has 1 N–H and O–H groups in total. The Labute approximate surface area is 153 Å². The first-order valence-corrected chi connectivity index (χ1v) is 8.42. The Bertz CT molecular complexity index is 1070. The average molecular weight is 359 g/mol. The van der Waals surface area contributed by atoms with Crippen LogP contribution in [0.25, 0.3) is 0 Å². The molecule has 1 atom stereocenters. The summed E-state index contributed by atoms with van der Waals surface area (Å²) in [6.45, 7) is 0. The molecular formula is C19H13N5O3. The van der Waals surface area contributed by atoms with E-state index in [2.05, 4.69) is 15.4 Å². The highest BCUT2D eigenvalue weighted by molar-refractivity contribution is 6.33. The second kappa shape index (κ2) is 5.60. The Morgan fingerprint density at radius 1 is 0.889 bits per heavy atom. The van der Waals surface area contributed by atoms with E-state index in [0.29, 0.717) is 11.1 Å². The van der Waals surface area contributed by atoms with Crippen LogP contribution in [-0.2, 0) is 4.79 Å². The van der Waals surface area contributed by atoms with Crippen LogP contribution in [0.3, 0.4) is 0 Å². The number of rotatable bonds is 2. The summed E-state index contributed by atoms with van der Waals surface area (Å²) >= 11 is 0. The van der Waals surface area contributed by atoms with Crippen LogP contribution in [0.1, 0.15) is 38.7 Å². The maximum Gasteiger partial charge on any atom is 0.268 e. The third kappa shape index (κ3) is 2.27. The molecule has 2 aliphatic heterocycles. The highest BCUT2D eigenvalue weighted by Crippen LogP contribution is 2.32. The maximum atomic E-state index is 12.7. The van der Waals surface area contributed by atoms with Gasteiger partial charge in [-0.1, -0.05) is 42.5 Å². The second-order valence-electron chi connectivity index (χ2n) is 6.35. The summed E-state index contributed by atoms with van der Waals surface area (Å²) in [7, 11) is 0. The van der Waals surface area contributed by atoms with Crippen molar-refractivity contribution in [2.75, 3.05) is 10.2 Å². The summed E-state index contributed by atoms with van der Waals surface area (Å²) in [5.41, 5.74) is 1.53. The van der Waals surface area contributed by atoms with Gasteiger partial charge in [0.05, 0.1) is 23.6 Å². The normalized spacial score (nSPS) is 18.3. The molecule has 1 aromatic heterocycles. The molecule has 0 radical (unpaired) electrons. The number of anilines is 2. The lowest BCUT2D eigenvalue weighted by molar-refractivity contribution is -0.117. The summed E-state index contributed by atoms with van der Waals surface area (Å²) < 4.78 is 1.55. The molecule has 0 spiro atoms. The highest BCUT2D eigenvalue weighted by atomic mass is 16.2. The topological polar surface area (TPSA) is 97.2 Å². The van der Waals surface area contributed by atoms with Gasteiger partial charge < -0.3 is 0 Å². The maximum absolute atomic E-state index is 12.7. The van der Waals surface area contributed by atoms with Crippen molar-refractivity contribution in [2.24, 2.45) is 0 Å². The van der Waals surface area contributed by atoms with Crippen molar-refractivity contribution in [3.8, 4) is 0 Å². The van der Waals surface area contributed by atoms with Gasteiger partial charge in [0.15, 0.2) is 0 Å². The van der Waals surface area contributed by atoms with Crippen LogP contribution in [0.15, 0.2) is 54.6 Å². The van der Waals surface area contributed by atoms with E-state index in [9.17, 15) is 14.4 Å². The minimum absolute atomic E-state index is 0.0423. The van der Waals surface area contributed by atoms with Crippen LogP contribution in [-0.4, -0.2) is 32.5 Å². The van der Waals surface area contributed by atoms with E-state index >= 15 is 0 Å². The van der Waals surface area contributed by atoms with Gasteiger partial charge in [0.25, 0.3) is 17.8 Å². The quantitative estimate of drug-likeness (QED) is 0.706. The standard InChI is InChI=1S/C19H13N5O3/c25-15-10-14(11-6-2-1-3-7-11)24-18(20-15)21-19(22-24)23-16(26)12-8-4-5-9-13(12)17(23)27/h1-9,14H,10H2,(H,20,21,22,25)/t14-/m1/s1. The van der Waals surface area contributed by atoms with Gasteiger partial charge in [-0.3, -0.25) is 19.7 Å². The number of carbonyl (C=O) groups excluding carboxylic acids is 3. The molecule has 3 heterocycles. The van der Waals surface area contributed by atoms with E-state index in [1.807, 2.05) is 30.3 Å². The molecule has 2 aromatic carbocycles. The molecule has 0 bridgehead atoms. The zero-order valence-electron chi connectivity index (χ0n) is 14.0. The molecule has 2 aliphatic rings. The lowest BCUT2D eigenvalue weighted by atomic mass is 10.0. The lowest BCUT2D eigenvalue weighted by Crippen LogP contribution is -2.31. The monoisotopic (exact) mass is 359 g/mol. The summed E-state index contributed by atoms with van der Waals surface area (Å²) in [5.74, 6) is -0.967. The lowest BCUT2D eigenvalue weighted by Gasteiger charge is -2.23. The number of hydrogen-bond acceptors (Lipinski definition) is 5. The van der Waals surface area contributed by atoms with Crippen molar-refractivity contribution in [3.63, 3.8) is 0 Å². The largest absolute Gasteiger partial charge is 0.295 e. The number of amides is 3. The molecule has 0 fully saturated rings. The Morgan fingerprint density at radius 2 is 1.52 bits per heavy atom. The van der Waals surface area contributed by atoms with Crippen LogP contribution in [0.5, 0.6) is 0 Å². The molecule has 8 nitrogen and oxygen atoms in total. The number of nitrogens with one attached hydrogen (secondary N) is 1. The summed E-state index contributed by atoms with van der Waals surface area (Å²) in [6, 6.07) is 15.7. The molecule has 8 heteroatoms. The number of hydrogen-bond donors (Lipinski definition) is 1. The first-order valence-electron chi connectivity index (χ1n) is 8.42. The Kier molecular flexibility index (Phi) is 3.20. The van der Waals surface area contributed by atoms with Crippen molar-refractivity contribution < 1.29 is 14.4 Å².